The predicted molar refractivity (Wildman–Crippen MR) is 128 cm³/mol. The van der Waals surface area contributed by atoms with Crippen LogP contribution in [0.2, 0.25) is 0 Å². The highest BCUT2D eigenvalue weighted by Crippen LogP contribution is 2.42. The lowest BCUT2D eigenvalue weighted by atomic mass is 9.91. The van der Waals surface area contributed by atoms with Crippen molar-refractivity contribution in [1.29, 1.82) is 0 Å². The summed E-state index contributed by atoms with van der Waals surface area (Å²) in [7, 11) is 1.91. The van der Waals surface area contributed by atoms with Crippen LogP contribution in [0.1, 0.15) is 31.2 Å². The van der Waals surface area contributed by atoms with Crippen LogP contribution in [0.3, 0.4) is 0 Å². The molecule has 1 saturated carbocycles. The maximum atomic E-state index is 10.7. The summed E-state index contributed by atoms with van der Waals surface area (Å²) in [6.07, 6.45) is 7.90. The summed E-state index contributed by atoms with van der Waals surface area (Å²) in [4.78, 5) is 7.95. The van der Waals surface area contributed by atoms with E-state index in [-0.39, 0.29) is 18.0 Å². The van der Waals surface area contributed by atoms with Crippen LogP contribution in [-0.2, 0) is 7.05 Å². The Morgan fingerprint density at radius 3 is 2.78 bits per heavy atom. The number of aromatic hydroxyl groups is 1. The van der Waals surface area contributed by atoms with Crippen molar-refractivity contribution in [1.82, 2.24) is 19.7 Å². The van der Waals surface area contributed by atoms with E-state index in [1.54, 1.807) is 6.20 Å². The SMILES string of the molecule is Cc1cccc(Nc2nc(N[C@@H]3CCCC[C@@H]3N)c(-c3ccnn3C)c3c[nH]c(O)c23)c1. The number of aromatic amines is 1. The molecule has 0 spiro atoms. The number of aryl methyl sites for hydroxylation is 2. The molecule has 1 aliphatic rings. The first-order valence-corrected chi connectivity index (χ1v) is 11.1. The van der Waals surface area contributed by atoms with Crippen LogP contribution in [0.5, 0.6) is 5.88 Å². The quantitative estimate of drug-likeness (QED) is 0.320. The molecular formula is C24H29N7O. The summed E-state index contributed by atoms with van der Waals surface area (Å²) in [6, 6.07) is 10.3. The highest BCUT2D eigenvalue weighted by atomic mass is 16.3. The Morgan fingerprint density at radius 2 is 2.03 bits per heavy atom. The molecule has 0 amide bonds. The van der Waals surface area contributed by atoms with Gasteiger partial charge in [-0.1, -0.05) is 25.0 Å². The molecule has 0 radical (unpaired) electrons. The molecule has 1 aliphatic carbocycles. The second-order valence-corrected chi connectivity index (χ2v) is 8.64. The van der Waals surface area contributed by atoms with E-state index >= 15 is 0 Å². The summed E-state index contributed by atoms with van der Waals surface area (Å²) in [6.45, 7) is 2.05. The Bertz CT molecular complexity index is 1260. The second kappa shape index (κ2) is 8.20. The number of hydrogen-bond donors (Lipinski definition) is 5. The van der Waals surface area contributed by atoms with Gasteiger partial charge in [-0.15, -0.1) is 0 Å². The highest BCUT2D eigenvalue weighted by molar-refractivity contribution is 6.09. The lowest BCUT2D eigenvalue weighted by Gasteiger charge is -2.30. The van der Waals surface area contributed by atoms with Gasteiger partial charge < -0.3 is 26.5 Å². The maximum Gasteiger partial charge on any atom is 0.200 e. The molecule has 6 N–H and O–H groups in total. The maximum absolute atomic E-state index is 10.7. The number of nitrogens with one attached hydrogen (secondary N) is 3. The van der Waals surface area contributed by atoms with Crippen molar-refractivity contribution in [2.24, 2.45) is 12.8 Å². The molecule has 32 heavy (non-hydrogen) atoms. The van der Waals surface area contributed by atoms with Gasteiger partial charge in [0.1, 0.15) is 11.6 Å². The number of nitrogens with two attached hydrogens (primary N) is 1. The number of anilines is 3. The molecule has 1 fully saturated rings. The van der Waals surface area contributed by atoms with Gasteiger partial charge in [-0.2, -0.15) is 5.10 Å². The molecule has 1 aromatic carbocycles. The Balaban J connectivity index is 1.69. The van der Waals surface area contributed by atoms with Crippen molar-refractivity contribution in [2.45, 2.75) is 44.7 Å². The van der Waals surface area contributed by atoms with E-state index < -0.39 is 0 Å². The van der Waals surface area contributed by atoms with Gasteiger partial charge in [0, 0.05) is 42.6 Å². The first-order chi connectivity index (χ1) is 15.5. The average Bonchev–Trinajstić information content (AvgIpc) is 3.36. The summed E-state index contributed by atoms with van der Waals surface area (Å²) in [5.41, 5.74) is 10.3. The van der Waals surface area contributed by atoms with Crippen LogP contribution in [0, 0.1) is 6.92 Å². The molecule has 4 aromatic rings. The van der Waals surface area contributed by atoms with Crippen LogP contribution in [0.15, 0.2) is 42.7 Å². The summed E-state index contributed by atoms with van der Waals surface area (Å²) in [5, 5.41) is 23.6. The summed E-state index contributed by atoms with van der Waals surface area (Å²) >= 11 is 0. The lowest BCUT2D eigenvalue weighted by Crippen LogP contribution is -2.42. The molecule has 8 heteroatoms. The first-order valence-electron chi connectivity index (χ1n) is 11.1. The van der Waals surface area contributed by atoms with Crippen LogP contribution >= 0.6 is 0 Å². The van der Waals surface area contributed by atoms with Crippen LogP contribution < -0.4 is 16.4 Å². The summed E-state index contributed by atoms with van der Waals surface area (Å²) < 4.78 is 1.82. The number of hydrogen-bond acceptors (Lipinski definition) is 6. The summed E-state index contributed by atoms with van der Waals surface area (Å²) in [5.74, 6) is 1.40. The van der Waals surface area contributed by atoms with Gasteiger partial charge in [0.15, 0.2) is 5.88 Å². The van der Waals surface area contributed by atoms with Gasteiger partial charge >= 0.3 is 0 Å². The van der Waals surface area contributed by atoms with Crippen molar-refractivity contribution in [3.63, 3.8) is 0 Å². The van der Waals surface area contributed by atoms with Gasteiger partial charge in [-0.3, -0.25) is 4.68 Å². The van der Waals surface area contributed by atoms with Gasteiger partial charge in [0.2, 0.25) is 0 Å². The molecule has 2 atom stereocenters. The molecule has 0 saturated heterocycles. The minimum atomic E-state index is 0.0759. The smallest absolute Gasteiger partial charge is 0.200 e. The van der Waals surface area contributed by atoms with Crippen LogP contribution in [0.25, 0.3) is 22.0 Å². The van der Waals surface area contributed by atoms with E-state index in [0.717, 1.165) is 59.4 Å². The van der Waals surface area contributed by atoms with Crippen molar-refractivity contribution in [2.75, 3.05) is 10.6 Å². The Labute approximate surface area is 186 Å². The van der Waals surface area contributed by atoms with Gasteiger partial charge in [-0.25, -0.2) is 4.98 Å². The fourth-order valence-corrected chi connectivity index (χ4v) is 4.65. The molecule has 8 nitrogen and oxygen atoms in total. The molecule has 0 bridgehead atoms. The number of nitrogens with zero attached hydrogens (tertiary/aromatic N) is 3. The van der Waals surface area contributed by atoms with Crippen molar-refractivity contribution < 1.29 is 5.11 Å². The monoisotopic (exact) mass is 431 g/mol. The minimum absolute atomic E-state index is 0.0759. The zero-order chi connectivity index (χ0) is 22.2. The zero-order valence-corrected chi connectivity index (χ0v) is 18.4. The number of aromatic nitrogens is 4. The van der Waals surface area contributed by atoms with Crippen molar-refractivity contribution >= 4 is 28.1 Å². The Kier molecular flexibility index (Phi) is 5.22. The third-order valence-corrected chi connectivity index (χ3v) is 6.33. The number of H-pyrrole nitrogens is 1. The molecule has 3 heterocycles. The normalized spacial score (nSPS) is 18.7. The van der Waals surface area contributed by atoms with E-state index in [4.69, 9.17) is 10.7 Å². The predicted octanol–water partition coefficient (Wildman–Crippen LogP) is 4.40. The van der Waals surface area contributed by atoms with Crippen molar-refractivity contribution in [3.05, 3.63) is 48.3 Å². The van der Waals surface area contributed by atoms with E-state index in [2.05, 4.69) is 26.8 Å². The third kappa shape index (κ3) is 3.67. The largest absolute Gasteiger partial charge is 0.494 e. The van der Waals surface area contributed by atoms with Crippen LogP contribution in [0.4, 0.5) is 17.3 Å². The molecule has 5 rings (SSSR count). The van der Waals surface area contributed by atoms with Crippen LogP contribution in [-0.4, -0.2) is 36.9 Å². The second-order valence-electron chi connectivity index (χ2n) is 8.64. The van der Waals surface area contributed by atoms with E-state index in [0.29, 0.717) is 11.2 Å². The van der Waals surface area contributed by atoms with Crippen molar-refractivity contribution in [3.8, 4) is 17.1 Å². The third-order valence-electron chi connectivity index (χ3n) is 6.33. The topological polar surface area (TPSA) is 117 Å². The molecule has 166 valence electrons. The Morgan fingerprint density at radius 1 is 1.19 bits per heavy atom. The van der Waals surface area contributed by atoms with Gasteiger partial charge in [0.25, 0.3) is 0 Å². The number of benzene rings is 1. The lowest BCUT2D eigenvalue weighted by molar-refractivity contribution is 0.403. The minimum Gasteiger partial charge on any atom is -0.494 e. The van der Waals surface area contributed by atoms with Gasteiger partial charge in [0.05, 0.1) is 16.6 Å². The molecule has 0 unspecified atom stereocenters. The number of rotatable bonds is 5. The number of fused-ring (bicyclic) bond motifs is 1. The van der Waals surface area contributed by atoms with E-state index in [9.17, 15) is 5.11 Å². The highest BCUT2D eigenvalue weighted by Gasteiger charge is 2.26. The van der Waals surface area contributed by atoms with Gasteiger partial charge in [-0.05, 0) is 43.5 Å². The number of pyridine rings is 1. The first kappa shape index (κ1) is 20.4. The Hall–Kier alpha value is -3.52. The molecule has 3 aromatic heterocycles. The zero-order valence-electron chi connectivity index (χ0n) is 18.4. The van der Waals surface area contributed by atoms with E-state index in [1.165, 1.54) is 0 Å². The standard InChI is InChI=1S/C24H29N7O/c1-14-6-5-7-15(12-14)28-23-21-16(13-26-24(21)32)20(19-10-11-27-31(19)2)22(30-23)29-18-9-4-3-8-17(18)25/h5-7,10-13,17-18,26,29,32H,3-4,8-9,25H2,1-2H3,(H,28,30)/t17-,18+/m0/s1. The molecule has 0 aliphatic heterocycles. The fourth-order valence-electron chi connectivity index (χ4n) is 4.65. The molecular weight excluding hydrogens is 402 g/mol. The van der Waals surface area contributed by atoms with E-state index in [1.807, 2.05) is 49.1 Å². The average molecular weight is 432 g/mol. The fraction of sp³-hybridized carbons (Fsp3) is 0.333.